The quantitative estimate of drug-likeness (QED) is 0.166. The molecule has 2 aromatic carbocycles. The molecule has 0 atom stereocenters. The molecule has 0 amide bonds. The first-order valence-corrected chi connectivity index (χ1v) is 12.6. The summed E-state index contributed by atoms with van der Waals surface area (Å²) in [5.74, 6) is 0. The van der Waals surface area contributed by atoms with Crippen molar-refractivity contribution in [3.05, 3.63) is 57.9 Å². The van der Waals surface area contributed by atoms with Crippen LogP contribution in [-0.4, -0.2) is 39.3 Å². The number of hydrogen-bond donors (Lipinski definition) is 0. The Labute approximate surface area is 216 Å². The number of hydrogen-bond acceptors (Lipinski definition) is 0. The van der Waals surface area contributed by atoms with Crippen LogP contribution in [0.5, 0.6) is 0 Å². The molecule has 0 aliphatic rings. The van der Waals surface area contributed by atoms with Crippen LogP contribution >= 0.6 is 0 Å². The van der Waals surface area contributed by atoms with Gasteiger partial charge in [0.25, 0.3) is 0 Å². The standard InChI is InChI=1S/C10H9.3C6H14N.Ti/c1-8-4-2-5-9-6-3-7-10(8)9;3*1-3-5-7-6-4-2;/h2-7H,1H3;3*3-6H2,1-2H3;/q4*-1;+4. The SMILES string of the molecule is CCC[N-]CCC.CCC[N-]CCC.CCC[N-]CCC.Cc1cccc2[cH-]ccc12.[Ti+4]. The summed E-state index contributed by atoms with van der Waals surface area (Å²) in [7, 11) is 0. The second-order valence-corrected chi connectivity index (χ2v) is 7.62. The molecule has 0 aliphatic carbocycles. The van der Waals surface area contributed by atoms with Gasteiger partial charge in [0.2, 0.25) is 0 Å². The predicted molar refractivity (Wildman–Crippen MR) is 145 cm³/mol. The molecule has 2 aromatic rings. The Bertz CT molecular complexity index is 533. The van der Waals surface area contributed by atoms with Gasteiger partial charge in [-0.2, -0.15) is 12.1 Å². The zero-order valence-corrected chi connectivity index (χ0v) is 23.9. The van der Waals surface area contributed by atoms with Crippen molar-refractivity contribution >= 4 is 10.8 Å². The average molecular weight is 478 g/mol. The van der Waals surface area contributed by atoms with Crippen LogP contribution in [-0.2, 0) is 21.7 Å². The minimum absolute atomic E-state index is 0. The van der Waals surface area contributed by atoms with Gasteiger partial charge < -0.3 is 16.0 Å². The van der Waals surface area contributed by atoms with Crippen molar-refractivity contribution in [1.29, 1.82) is 0 Å². The zero-order chi connectivity index (χ0) is 23.6. The number of fused-ring (bicyclic) bond motifs is 1. The molecular weight excluding hydrogens is 426 g/mol. The molecule has 0 spiro atoms. The molecular formula is C28H51N3Ti. The third-order valence-electron chi connectivity index (χ3n) is 4.19. The zero-order valence-electron chi connectivity index (χ0n) is 22.3. The van der Waals surface area contributed by atoms with Crippen LogP contribution in [0.1, 0.15) is 85.6 Å². The minimum Gasteiger partial charge on any atom is -0.662 e. The predicted octanol–water partition coefficient (Wildman–Crippen LogP) is 9.40. The molecule has 0 heterocycles. The Morgan fingerprint density at radius 3 is 1.28 bits per heavy atom. The summed E-state index contributed by atoms with van der Waals surface area (Å²) in [5, 5.41) is 15.3. The topological polar surface area (TPSA) is 42.3 Å². The van der Waals surface area contributed by atoms with E-state index in [0.29, 0.717) is 0 Å². The van der Waals surface area contributed by atoms with Crippen molar-refractivity contribution in [2.24, 2.45) is 0 Å². The molecule has 0 N–H and O–H groups in total. The fourth-order valence-electron chi connectivity index (χ4n) is 2.61. The smallest absolute Gasteiger partial charge is 0.662 e. The summed E-state index contributed by atoms with van der Waals surface area (Å²) in [5.41, 5.74) is 1.36. The molecule has 0 fully saturated rings. The van der Waals surface area contributed by atoms with Gasteiger partial charge in [0.05, 0.1) is 0 Å². The maximum absolute atomic E-state index is 4.21. The molecule has 0 saturated heterocycles. The maximum atomic E-state index is 4.21. The van der Waals surface area contributed by atoms with Gasteiger partial charge in [-0.3, -0.25) is 0 Å². The summed E-state index contributed by atoms with van der Waals surface area (Å²) in [6, 6.07) is 12.8. The maximum Gasteiger partial charge on any atom is 4.00 e. The Kier molecular flexibility index (Phi) is 34.2. The van der Waals surface area contributed by atoms with Crippen LogP contribution in [0.15, 0.2) is 36.4 Å². The molecule has 0 radical (unpaired) electrons. The Balaban J connectivity index is -0.000000354. The van der Waals surface area contributed by atoms with Crippen LogP contribution < -0.4 is 0 Å². The van der Waals surface area contributed by atoms with Crippen LogP contribution in [0.4, 0.5) is 0 Å². The van der Waals surface area contributed by atoms with E-state index in [1.165, 1.54) is 54.9 Å². The van der Waals surface area contributed by atoms with E-state index >= 15 is 0 Å². The molecule has 4 heteroatoms. The Morgan fingerprint density at radius 2 is 0.969 bits per heavy atom. The number of nitrogens with zero attached hydrogens (tertiary/aromatic N) is 3. The molecule has 0 unspecified atom stereocenters. The van der Waals surface area contributed by atoms with Gasteiger partial charge in [0, 0.05) is 0 Å². The second kappa shape index (κ2) is 30.4. The molecule has 0 aromatic heterocycles. The van der Waals surface area contributed by atoms with Crippen molar-refractivity contribution in [2.75, 3.05) is 39.3 Å². The molecule has 0 saturated carbocycles. The fourth-order valence-corrected chi connectivity index (χ4v) is 2.61. The Morgan fingerprint density at radius 1 is 0.594 bits per heavy atom. The van der Waals surface area contributed by atoms with E-state index in [9.17, 15) is 0 Å². The van der Waals surface area contributed by atoms with Crippen LogP contribution in [0.2, 0.25) is 0 Å². The Hall–Kier alpha value is -0.576. The van der Waals surface area contributed by atoms with Gasteiger partial charge in [-0.25, -0.2) is 0 Å². The van der Waals surface area contributed by atoms with Crippen molar-refractivity contribution in [3.8, 4) is 0 Å². The molecule has 0 aliphatic heterocycles. The van der Waals surface area contributed by atoms with Gasteiger partial charge in [0.15, 0.2) is 0 Å². The summed E-state index contributed by atoms with van der Waals surface area (Å²) in [6.45, 7) is 21.3. The first-order valence-electron chi connectivity index (χ1n) is 12.6. The van der Waals surface area contributed by atoms with Crippen molar-refractivity contribution in [2.45, 2.75) is 87.0 Å². The van der Waals surface area contributed by atoms with E-state index in [4.69, 9.17) is 0 Å². The van der Waals surface area contributed by atoms with Gasteiger partial charge >= 0.3 is 21.7 Å². The van der Waals surface area contributed by atoms with E-state index in [2.05, 4.69) is 101 Å². The minimum atomic E-state index is 0. The van der Waals surface area contributed by atoms with E-state index in [-0.39, 0.29) is 21.7 Å². The molecule has 32 heavy (non-hydrogen) atoms. The number of aryl methyl sites for hydroxylation is 1. The van der Waals surface area contributed by atoms with Gasteiger partial charge in [-0.15, -0.1) is 68.2 Å². The van der Waals surface area contributed by atoms with Crippen LogP contribution in [0, 0.1) is 6.92 Å². The number of rotatable bonds is 12. The van der Waals surface area contributed by atoms with Crippen molar-refractivity contribution < 1.29 is 21.7 Å². The number of benzene rings is 1. The van der Waals surface area contributed by atoms with E-state index in [1.807, 2.05) is 0 Å². The summed E-state index contributed by atoms with van der Waals surface area (Å²) < 4.78 is 0. The van der Waals surface area contributed by atoms with E-state index < -0.39 is 0 Å². The normalized spacial score (nSPS) is 9.47. The summed E-state index contributed by atoms with van der Waals surface area (Å²) in [6.07, 6.45) is 7.17. The van der Waals surface area contributed by atoms with Gasteiger partial charge in [-0.05, 0) is 6.92 Å². The molecule has 0 bridgehead atoms. The van der Waals surface area contributed by atoms with Crippen molar-refractivity contribution in [1.82, 2.24) is 0 Å². The molecule has 182 valence electrons. The fraction of sp³-hybridized carbons (Fsp3) is 0.679. The third-order valence-corrected chi connectivity index (χ3v) is 4.19. The average Bonchev–Trinajstić information content (AvgIpc) is 3.27. The first-order chi connectivity index (χ1) is 15.1. The molecule has 2 rings (SSSR count). The second-order valence-electron chi connectivity index (χ2n) is 7.62. The summed E-state index contributed by atoms with van der Waals surface area (Å²) >= 11 is 0. The molecule has 3 nitrogen and oxygen atoms in total. The van der Waals surface area contributed by atoms with E-state index in [0.717, 1.165) is 39.3 Å². The van der Waals surface area contributed by atoms with Crippen LogP contribution in [0.25, 0.3) is 26.7 Å². The van der Waals surface area contributed by atoms with E-state index in [1.54, 1.807) is 0 Å². The van der Waals surface area contributed by atoms with Gasteiger partial charge in [0.1, 0.15) is 0 Å². The summed E-state index contributed by atoms with van der Waals surface area (Å²) in [4.78, 5) is 0. The van der Waals surface area contributed by atoms with Crippen LogP contribution in [0.3, 0.4) is 0 Å². The first kappa shape index (κ1) is 36.0. The van der Waals surface area contributed by atoms with Crippen molar-refractivity contribution in [3.63, 3.8) is 0 Å². The monoisotopic (exact) mass is 477 g/mol. The van der Waals surface area contributed by atoms with Gasteiger partial charge in [-0.1, -0.05) is 91.7 Å². The third kappa shape index (κ3) is 24.1. The largest absolute Gasteiger partial charge is 4.00 e.